The SMILES string of the molecule is Cc1cc(C)c(C(=O)NCC(N)C(C)C)c(C)c1. The van der Waals surface area contributed by atoms with E-state index in [0.717, 1.165) is 16.7 Å². The molecule has 0 aliphatic heterocycles. The second-order valence-corrected chi connectivity index (χ2v) is 5.39. The predicted octanol–water partition coefficient (Wildman–Crippen LogP) is 2.32. The zero-order chi connectivity index (χ0) is 13.9. The number of hydrogen-bond donors (Lipinski definition) is 2. The van der Waals surface area contributed by atoms with Gasteiger partial charge in [0, 0.05) is 18.2 Å². The summed E-state index contributed by atoms with van der Waals surface area (Å²) in [7, 11) is 0. The van der Waals surface area contributed by atoms with Crippen LogP contribution in [0.5, 0.6) is 0 Å². The summed E-state index contributed by atoms with van der Waals surface area (Å²) in [5.41, 5.74) is 9.92. The van der Waals surface area contributed by atoms with Gasteiger partial charge in [-0.2, -0.15) is 0 Å². The molecule has 100 valence electrons. The van der Waals surface area contributed by atoms with E-state index in [0.29, 0.717) is 12.5 Å². The highest BCUT2D eigenvalue weighted by atomic mass is 16.1. The number of hydrogen-bond acceptors (Lipinski definition) is 2. The van der Waals surface area contributed by atoms with Gasteiger partial charge in [-0.3, -0.25) is 4.79 Å². The lowest BCUT2D eigenvalue weighted by Gasteiger charge is -2.17. The van der Waals surface area contributed by atoms with Crippen molar-refractivity contribution in [1.29, 1.82) is 0 Å². The molecule has 1 aromatic rings. The first-order chi connectivity index (χ1) is 8.32. The highest BCUT2D eigenvalue weighted by Crippen LogP contribution is 2.16. The van der Waals surface area contributed by atoms with E-state index in [1.807, 2.05) is 32.9 Å². The lowest BCUT2D eigenvalue weighted by atomic mass is 9.99. The standard InChI is InChI=1S/C15H24N2O/c1-9(2)13(16)8-17-15(18)14-11(4)6-10(3)7-12(14)5/h6-7,9,13H,8,16H2,1-5H3,(H,17,18). The molecule has 1 rings (SSSR count). The maximum absolute atomic E-state index is 12.2. The Kier molecular flexibility index (Phi) is 4.91. The number of benzene rings is 1. The Morgan fingerprint density at radius 2 is 1.72 bits per heavy atom. The molecule has 1 unspecified atom stereocenters. The molecule has 0 aliphatic rings. The molecule has 3 heteroatoms. The normalized spacial score (nSPS) is 12.6. The molecule has 0 saturated heterocycles. The lowest BCUT2D eigenvalue weighted by Crippen LogP contribution is -2.40. The zero-order valence-electron chi connectivity index (χ0n) is 12.0. The highest BCUT2D eigenvalue weighted by molar-refractivity contribution is 5.97. The van der Waals surface area contributed by atoms with Crippen molar-refractivity contribution in [3.05, 3.63) is 34.4 Å². The molecule has 18 heavy (non-hydrogen) atoms. The van der Waals surface area contributed by atoms with Crippen LogP contribution in [0.1, 0.15) is 40.9 Å². The summed E-state index contributed by atoms with van der Waals surface area (Å²) in [6, 6.07) is 4.06. The van der Waals surface area contributed by atoms with Crippen molar-refractivity contribution in [3.8, 4) is 0 Å². The number of nitrogens with two attached hydrogens (primary N) is 1. The average molecular weight is 248 g/mol. The van der Waals surface area contributed by atoms with Gasteiger partial charge in [0.1, 0.15) is 0 Å². The molecule has 0 bridgehead atoms. The number of amides is 1. The average Bonchev–Trinajstić information content (AvgIpc) is 2.24. The largest absolute Gasteiger partial charge is 0.350 e. The van der Waals surface area contributed by atoms with Crippen molar-refractivity contribution in [2.24, 2.45) is 11.7 Å². The van der Waals surface area contributed by atoms with Crippen LogP contribution in [-0.2, 0) is 0 Å². The molecular weight excluding hydrogens is 224 g/mol. The molecule has 0 radical (unpaired) electrons. The molecule has 1 aromatic carbocycles. The van der Waals surface area contributed by atoms with Crippen molar-refractivity contribution >= 4 is 5.91 Å². The number of nitrogens with one attached hydrogen (secondary N) is 1. The molecule has 0 aromatic heterocycles. The van der Waals surface area contributed by atoms with Crippen LogP contribution in [0.25, 0.3) is 0 Å². The van der Waals surface area contributed by atoms with Gasteiger partial charge < -0.3 is 11.1 Å². The van der Waals surface area contributed by atoms with Crippen LogP contribution in [-0.4, -0.2) is 18.5 Å². The maximum atomic E-state index is 12.2. The Bertz CT molecular complexity index is 415. The smallest absolute Gasteiger partial charge is 0.251 e. The van der Waals surface area contributed by atoms with E-state index in [1.54, 1.807) is 0 Å². The van der Waals surface area contributed by atoms with Gasteiger partial charge in [-0.1, -0.05) is 31.5 Å². The van der Waals surface area contributed by atoms with Crippen molar-refractivity contribution in [2.45, 2.75) is 40.7 Å². The third-order valence-corrected chi connectivity index (χ3v) is 3.26. The molecule has 1 atom stereocenters. The van der Waals surface area contributed by atoms with Gasteiger partial charge in [-0.15, -0.1) is 0 Å². The molecular formula is C15H24N2O. The van der Waals surface area contributed by atoms with Gasteiger partial charge in [-0.25, -0.2) is 0 Å². The van der Waals surface area contributed by atoms with E-state index >= 15 is 0 Å². The minimum atomic E-state index is -0.0268. The lowest BCUT2D eigenvalue weighted by molar-refractivity contribution is 0.0948. The molecule has 0 spiro atoms. The van der Waals surface area contributed by atoms with Gasteiger partial charge in [0.2, 0.25) is 0 Å². The Morgan fingerprint density at radius 1 is 1.22 bits per heavy atom. The first kappa shape index (κ1) is 14.7. The monoisotopic (exact) mass is 248 g/mol. The number of carbonyl (C=O) groups is 1. The van der Waals surface area contributed by atoms with Gasteiger partial charge in [0.05, 0.1) is 0 Å². The van der Waals surface area contributed by atoms with Crippen molar-refractivity contribution in [3.63, 3.8) is 0 Å². The molecule has 0 saturated carbocycles. The van der Waals surface area contributed by atoms with Gasteiger partial charge >= 0.3 is 0 Å². The van der Waals surface area contributed by atoms with Crippen LogP contribution in [0.15, 0.2) is 12.1 Å². The summed E-state index contributed by atoms with van der Waals surface area (Å²) < 4.78 is 0. The summed E-state index contributed by atoms with van der Waals surface area (Å²) >= 11 is 0. The first-order valence-corrected chi connectivity index (χ1v) is 6.44. The van der Waals surface area contributed by atoms with Crippen molar-refractivity contribution in [1.82, 2.24) is 5.32 Å². The Balaban J connectivity index is 2.79. The van der Waals surface area contributed by atoms with Crippen LogP contribution < -0.4 is 11.1 Å². The Hall–Kier alpha value is -1.35. The molecule has 0 aliphatic carbocycles. The minimum absolute atomic E-state index is 0.00000982. The molecule has 0 heterocycles. The van der Waals surface area contributed by atoms with E-state index in [1.165, 1.54) is 5.56 Å². The third-order valence-electron chi connectivity index (χ3n) is 3.26. The highest BCUT2D eigenvalue weighted by Gasteiger charge is 2.14. The third kappa shape index (κ3) is 3.57. The predicted molar refractivity (Wildman–Crippen MR) is 75.8 cm³/mol. The fourth-order valence-electron chi connectivity index (χ4n) is 2.07. The second kappa shape index (κ2) is 6.01. The molecule has 0 fully saturated rings. The Labute approximate surface area is 110 Å². The zero-order valence-corrected chi connectivity index (χ0v) is 12.0. The van der Waals surface area contributed by atoms with Crippen LogP contribution in [0, 0.1) is 26.7 Å². The quantitative estimate of drug-likeness (QED) is 0.859. The summed E-state index contributed by atoms with van der Waals surface area (Å²) in [5.74, 6) is 0.339. The van der Waals surface area contributed by atoms with Gasteiger partial charge in [0.15, 0.2) is 0 Å². The fourth-order valence-corrected chi connectivity index (χ4v) is 2.07. The maximum Gasteiger partial charge on any atom is 0.251 e. The number of carbonyl (C=O) groups excluding carboxylic acids is 1. The van der Waals surface area contributed by atoms with Crippen LogP contribution in [0.2, 0.25) is 0 Å². The van der Waals surface area contributed by atoms with E-state index < -0.39 is 0 Å². The Morgan fingerprint density at radius 3 is 2.17 bits per heavy atom. The topological polar surface area (TPSA) is 55.1 Å². The van der Waals surface area contributed by atoms with E-state index in [2.05, 4.69) is 19.2 Å². The summed E-state index contributed by atoms with van der Waals surface area (Å²) in [5, 5.41) is 2.92. The second-order valence-electron chi connectivity index (χ2n) is 5.39. The number of aryl methyl sites for hydroxylation is 3. The van der Waals surface area contributed by atoms with E-state index in [4.69, 9.17) is 5.73 Å². The first-order valence-electron chi connectivity index (χ1n) is 6.44. The number of rotatable bonds is 4. The van der Waals surface area contributed by atoms with Crippen LogP contribution in [0.4, 0.5) is 0 Å². The molecule has 3 nitrogen and oxygen atoms in total. The van der Waals surface area contributed by atoms with E-state index in [9.17, 15) is 4.79 Å². The summed E-state index contributed by atoms with van der Waals surface area (Å²) in [6.07, 6.45) is 0. The fraction of sp³-hybridized carbons (Fsp3) is 0.533. The minimum Gasteiger partial charge on any atom is -0.350 e. The molecule has 1 amide bonds. The van der Waals surface area contributed by atoms with Crippen LogP contribution >= 0.6 is 0 Å². The van der Waals surface area contributed by atoms with E-state index in [-0.39, 0.29) is 11.9 Å². The molecule has 3 N–H and O–H groups in total. The van der Waals surface area contributed by atoms with Gasteiger partial charge in [-0.05, 0) is 37.8 Å². The summed E-state index contributed by atoms with van der Waals surface area (Å²) in [4.78, 5) is 12.2. The van der Waals surface area contributed by atoms with Crippen molar-refractivity contribution < 1.29 is 4.79 Å². The summed E-state index contributed by atoms with van der Waals surface area (Å²) in [6.45, 7) is 10.6. The van der Waals surface area contributed by atoms with Crippen LogP contribution in [0.3, 0.4) is 0 Å². The van der Waals surface area contributed by atoms with Crippen molar-refractivity contribution in [2.75, 3.05) is 6.54 Å². The van der Waals surface area contributed by atoms with Gasteiger partial charge in [0.25, 0.3) is 5.91 Å².